The zero-order valence-electron chi connectivity index (χ0n) is 14.1. The van der Waals surface area contributed by atoms with Crippen LogP contribution >= 0.6 is 11.6 Å². The molecule has 1 aromatic heterocycles. The van der Waals surface area contributed by atoms with Gasteiger partial charge in [-0.3, -0.25) is 14.9 Å². The highest BCUT2D eigenvalue weighted by Gasteiger charge is 2.19. The molecule has 1 N–H and O–H groups in total. The van der Waals surface area contributed by atoms with Crippen LogP contribution in [0.4, 0.5) is 11.4 Å². The number of nitrogens with zero attached hydrogens (tertiary/aromatic N) is 4. The Morgan fingerprint density at radius 3 is 2.81 bits per heavy atom. The van der Waals surface area contributed by atoms with Gasteiger partial charge < -0.3 is 10.1 Å². The molecule has 3 rings (SSSR count). The van der Waals surface area contributed by atoms with Gasteiger partial charge in [0.05, 0.1) is 22.9 Å². The minimum Gasteiger partial charge on any atom is -0.487 e. The summed E-state index contributed by atoms with van der Waals surface area (Å²) in [5.41, 5.74) is 0.752. The molecule has 0 spiro atoms. The van der Waals surface area contributed by atoms with Crippen molar-refractivity contribution in [2.24, 2.45) is 0 Å². The number of amides is 1. The van der Waals surface area contributed by atoms with Crippen molar-refractivity contribution in [2.45, 2.75) is 6.92 Å². The number of hydrogen-bond acceptors (Lipinski definition) is 6. The first-order chi connectivity index (χ1) is 13.0. The topological polar surface area (TPSA) is 112 Å². The predicted molar refractivity (Wildman–Crippen MR) is 98.6 cm³/mol. The van der Waals surface area contributed by atoms with E-state index in [1.165, 1.54) is 35.5 Å². The van der Waals surface area contributed by atoms with Crippen LogP contribution in [0.5, 0.6) is 5.75 Å². The molecule has 0 atom stereocenters. The molecular formula is C17H14ClN5O4. The lowest BCUT2D eigenvalue weighted by atomic mass is 10.1. The van der Waals surface area contributed by atoms with Crippen LogP contribution in [-0.4, -0.2) is 32.2 Å². The van der Waals surface area contributed by atoms with E-state index < -0.39 is 10.8 Å². The Balaban J connectivity index is 1.93. The Labute approximate surface area is 158 Å². The molecule has 2 aromatic carbocycles. The average molecular weight is 388 g/mol. The molecule has 0 aliphatic rings. The van der Waals surface area contributed by atoms with Crippen LogP contribution in [0.1, 0.15) is 17.3 Å². The van der Waals surface area contributed by atoms with Gasteiger partial charge in [-0.15, -0.1) is 0 Å². The van der Waals surface area contributed by atoms with Gasteiger partial charge in [0.2, 0.25) is 0 Å². The molecule has 0 radical (unpaired) electrons. The lowest BCUT2D eigenvalue weighted by Gasteiger charge is -2.12. The predicted octanol–water partition coefficient (Wildman–Crippen LogP) is 3.48. The minimum atomic E-state index is -0.595. The summed E-state index contributed by atoms with van der Waals surface area (Å²) in [6, 6.07) is 8.89. The summed E-state index contributed by atoms with van der Waals surface area (Å²) in [4.78, 5) is 27.1. The van der Waals surface area contributed by atoms with Crippen molar-refractivity contribution < 1.29 is 14.5 Å². The summed E-state index contributed by atoms with van der Waals surface area (Å²) in [6.07, 6.45) is 2.83. The third kappa shape index (κ3) is 4.04. The molecule has 0 unspecified atom stereocenters. The van der Waals surface area contributed by atoms with Crippen molar-refractivity contribution in [1.29, 1.82) is 0 Å². The summed E-state index contributed by atoms with van der Waals surface area (Å²) in [5, 5.41) is 18.4. The van der Waals surface area contributed by atoms with Gasteiger partial charge in [-0.1, -0.05) is 11.6 Å². The number of aromatic nitrogens is 3. The van der Waals surface area contributed by atoms with Crippen molar-refractivity contribution >= 4 is 28.9 Å². The number of halogens is 1. The Kier molecular flexibility index (Phi) is 5.32. The molecule has 138 valence electrons. The maximum atomic E-state index is 12.6. The van der Waals surface area contributed by atoms with Crippen LogP contribution in [0, 0.1) is 10.1 Å². The molecule has 10 heteroatoms. The second kappa shape index (κ2) is 7.83. The van der Waals surface area contributed by atoms with E-state index in [0.29, 0.717) is 16.4 Å². The van der Waals surface area contributed by atoms with Crippen molar-refractivity contribution in [3.8, 4) is 11.4 Å². The maximum Gasteiger partial charge on any atom is 0.311 e. The van der Waals surface area contributed by atoms with Gasteiger partial charge in [0, 0.05) is 16.7 Å². The second-order valence-electron chi connectivity index (χ2n) is 5.33. The highest BCUT2D eigenvalue weighted by atomic mass is 35.5. The van der Waals surface area contributed by atoms with E-state index in [1.54, 1.807) is 25.1 Å². The lowest BCUT2D eigenvalue weighted by molar-refractivity contribution is -0.385. The average Bonchev–Trinajstić information content (AvgIpc) is 3.16. The summed E-state index contributed by atoms with van der Waals surface area (Å²) >= 11 is 6.03. The Morgan fingerprint density at radius 2 is 2.15 bits per heavy atom. The molecule has 0 aliphatic carbocycles. The fourth-order valence-electron chi connectivity index (χ4n) is 2.41. The number of anilines is 1. The Bertz CT molecular complexity index is 991. The zero-order valence-corrected chi connectivity index (χ0v) is 14.9. The summed E-state index contributed by atoms with van der Waals surface area (Å²) in [7, 11) is 0. The Hall–Kier alpha value is -3.46. The summed E-state index contributed by atoms with van der Waals surface area (Å²) in [5.74, 6) is -0.435. The van der Waals surface area contributed by atoms with Crippen LogP contribution in [0.2, 0.25) is 5.02 Å². The molecule has 27 heavy (non-hydrogen) atoms. The molecule has 0 saturated heterocycles. The van der Waals surface area contributed by atoms with Crippen LogP contribution in [0.3, 0.4) is 0 Å². The minimum absolute atomic E-state index is 0.102. The number of benzene rings is 2. The smallest absolute Gasteiger partial charge is 0.311 e. The molecule has 0 aliphatic heterocycles. The van der Waals surface area contributed by atoms with Gasteiger partial charge >= 0.3 is 5.69 Å². The number of rotatable bonds is 6. The van der Waals surface area contributed by atoms with Gasteiger partial charge in [0.15, 0.2) is 5.75 Å². The van der Waals surface area contributed by atoms with Crippen molar-refractivity contribution in [1.82, 2.24) is 14.8 Å². The standard InChI is InChI=1S/C17H14ClN5O4/c1-2-27-16-6-3-11(7-15(16)23(25)26)17(24)21-13-8-12(18)4-5-14(13)22-10-19-9-20-22/h3-10H,2H2,1H3,(H,21,24). The molecule has 0 fully saturated rings. The van der Waals surface area contributed by atoms with E-state index >= 15 is 0 Å². The van der Waals surface area contributed by atoms with Gasteiger partial charge in [-0.25, -0.2) is 9.67 Å². The van der Waals surface area contributed by atoms with Crippen molar-refractivity contribution in [3.05, 3.63) is 69.8 Å². The highest BCUT2D eigenvalue weighted by Crippen LogP contribution is 2.29. The van der Waals surface area contributed by atoms with E-state index in [0.717, 1.165) is 0 Å². The highest BCUT2D eigenvalue weighted by molar-refractivity contribution is 6.31. The fourth-order valence-corrected chi connectivity index (χ4v) is 2.59. The summed E-state index contributed by atoms with van der Waals surface area (Å²) in [6.45, 7) is 1.99. The monoisotopic (exact) mass is 387 g/mol. The van der Waals surface area contributed by atoms with Gasteiger partial charge in [-0.2, -0.15) is 5.10 Å². The van der Waals surface area contributed by atoms with E-state index in [-0.39, 0.29) is 23.6 Å². The van der Waals surface area contributed by atoms with E-state index in [1.807, 2.05) is 0 Å². The quantitative estimate of drug-likeness (QED) is 0.511. The molecule has 1 amide bonds. The van der Waals surface area contributed by atoms with Crippen LogP contribution in [0.25, 0.3) is 5.69 Å². The van der Waals surface area contributed by atoms with Crippen LogP contribution in [-0.2, 0) is 0 Å². The number of carbonyl (C=O) groups excluding carboxylic acids is 1. The van der Waals surface area contributed by atoms with Crippen LogP contribution in [0.15, 0.2) is 49.1 Å². The molecule has 9 nitrogen and oxygen atoms in total. The van der Waals surface area contributed by atoms with Crippen molar-refractivity contribution in [3.63, 3.8) is 0 Å². The maximum absolute atomic E-state index is 12.6. The van der Waals surface area contributed by atoms with Gasteiger partial charge in [-0.05, 0) is 37.3 Å². The van der Waals surface area contributed by atoms with Crippen molar-refractivity contribution in [2.75, 3.05) is 11.9 Å². The fraction of sp³-hybridized carbons (Fsp3) is 0.118. The second-order valence-corrected chi connectivity index (χ2v) is 5.76. The first-order valence-electron chi connectivity index (χ1n) is 7.86. The lowest BCUT2D eigenvalue weighted by Crippen LogP contribution is -2.14. The third-order valence-electron chi connectivity index (χ3n) is 3.59. The van der Waals surface area contributed by atoms with Gasteiger partial charge in [0.25, 0.3) is 5.91 Å². The number of nitrogens with one attached hydrogen (secondary N) is 1. The normalized spacial score (nSPS) is 10.4. The largest absolute Gasteiger partial charge is 0.487 e. The van der Waals surface area contributed by atoms with E-state index in [9.17, 15) is 14.9 Å². The first-order valence-corrected chi connectivity index (χ1v) is 8.24. The molecule has 0 bridgehead atoms. The number of nitro groups is 1. The molecule has 3 aromatic rings. The SMILES string of the molecule is CCOc1ccc(C(=O)Nc2cc(Cl)ccc2-n2cncn2)cc1[N+](=O)[O-]. The molecule has 0 saturated carbocycles. The summed E-state index contributed by atoms with van der Waals surface area (Å²) < 4.78 is 6.69. The Morgan fingerprint density at radius 1 is 1.33 bits per heavy atom. The van der Waals surface area contributed by atoms with E-state index in [2.05, 4.69) is 15.4 Å². The third-order valence-corrected chi connectivity index (χ3v) is 3.83. The van der Waals surface area contributed by atoms with E-state index in [4.69, 9.17) is 16.3 Å². The number of ether oxygens (including phenoxy) is 1. The van der Waals surface area contributed by atoms with Crippen LogP contribution < -0.4 is 10.1 Å². The number of hydrogen-bond donors (Lipinski definition) is 1. The molecular weight excluding hydrogens is 374 g/mol. The molecule has 1 heterocycles. The number of nitro benzene ring substituents is 1. The first kappa shape index (κ1) is 18.3. The zero-order chi connectivity index (χ0) is 19.4. The number of carbonyl (C=O) groups is 1. The van der Waals surface area contributed by atoms with Gasteiger partial charge in [0.1, 0.15) is 12.7 Å².